The van der Waals surface area contributed by atoms with E-state index in [-0.39, 0.29) is 0 Å². The number of benzene rings is 9. The largest absolute Gasteiger partial charge is 0.437 e. The zero-order valence-electron chi connectivity index (χ0n) is 30.9. The van der Waals surface area contributed by atoms with E-state index in [2.05, 4.69) is 206 Å². The molecule has 0 fully saturated rings. The maximum Gasteiger partial charge on any atom is 0.231 e. The van der Waals surface area contributed by atoms with Gasteiger partial charge in [-0.15, -0.1) is 0 Å². The summed E-state index contributed by atoms with van der Waals surface area (Å²) in [5.74, 6) is 0.614. The monoisotopic (exact) mass is 726 g/mol. The highest BCUT2D eigenvalue weighted by atomic mass is 16.3. The predicted octanol–water partition coefficient (Wildman–Crippen LogP) is 14.7. The third-order valence-corrected chi connectivity index (χ3v) is 11.1. The lowest BCUT2D eigenvalue weighted by molar-refractivity contribution is 0.657. The number of hydrogen-bond donors (Lipinski definition) is 0. The van der Waals surface area contributed by atoms with E-state index in [1.165, 1.54) is 27.6 Å². The maximum atomic E-state index is 6.91. The molecule has 0 aliphatic rings. The van der Waals surface area contributed by atoms with Crippen molar-refractivity contribution in [1.29, 1.82) is 0 Å². The van der Waals surface area contributed by atoms with Crippen LogP contribution in [0.15, 0.2) is 211 Å². The lowest BCUT2D eigenvalue weighted by atomic mass is 9.94. The van der Waals surface area contributed by atoms with Gasteiger partial charge in [-0.05, 0) is 84.9 Å². The van der Waals surface area contributed by atoms with Gasteiger partial charge in [0.25, 0.3) is 0 Å². The van der Waals surface area contributed by atoms with Crippen molar-refractivity contribution in [3.63, 3.8) is 0 Å². The molecule has 9 aromatic carbocycles. The smallest absolute Gasteiger partial charge is 0.231 e. The summed E-state index contributed by atoms with van der Waals surface area (Å²) < 4.78 is 6.91. The summed E-state index contributed by atoms with van der Waals surface area (Å²) in [6, 6.07) is 72.8. The predicted molar refractivity (Wildman–Crippen MR) is 237 cm³/mol. The molecule has 2 aromatic heterocycles. The van der Waals surface area contributed by atoms with Crippen molar-refractivity contribution < 1.29 is 4.42 Å². The molecule has 0 bridgehead atoms. The van der Waals surface area contributed by atoms with Gasteiger partial charge in [0.05, 0.1) is 11.1 Å². The van der Waals surface area contributed by atoms with E-state index < -0.39 is 0 Å². The summed E-state index contributed by atoms with van der Waals surface area (Å²) in [7, 11) is 0. The lowest BCUT2D eigenvalue weighted by Gasteiger charge is -2.11. The molecule has 3 heteroatoms. The van der Waals surface area contributed by atoms with Gasteiger partial charge in [-0.25, -0.2) is 4.98 Å². The first-order chi connectivity index (χ1) is 28.2. The molecule has 0 saturated heterocycles. The van der Waals surface area contributed by atoms with E-state index in [0.29, 0.717) is 11.5 Å². The molecule has 11 rings (SSSR count). The van der Waals surface area contributed by atoms with Crippen LogP contribution in [0.1, 0.15) is 0 Å². The number of nitrogens with zero attached hydrogens (tertiary/aromatic N) is 2. The van der Waals surface area contributed by atoms with Gasteiger partial charge in [-0.1, -0.05) is 182 Å². The Kier molecular flexibility index (Phi) is 7.82. The molecular formula is C54H34N2O. The fourth-order valence-electron chi connectivity index (χ4n) is 8.34. The Morgan fingerprint density at radius 2 is 0.667 bits per heavy atom. The topological polar surface area (TPSA) is 38.9 Å². The normalized spacial score (nSPS) is 11.5. The molecule has 0 aliphatic heterocycles. The molecule has 11 aromatic rings. The maximum absolute atomic E-state index is 6.91. The summed E-state index contributed by atoms with van der Waals surface area (Å²) in [5, 5.41) is 6.45. The van der Waals surface area contributed by atoms with Gasteiger partial charge in [-0.3, -0.25) is 0 Å². The van der Waals surface area contributed by atoms with Crippen molar-refractivity contribution in [2.75, 3.05) is 0 Å². The van der Waals surface area contributed by atoms with Gasteiger partial charge >= 0.3 is 0 Å². The highest BCUT2D eigenvalue weighted by molar-refractivity contribution is 6.31. The van der Waals surface area contributed by atoms with Crippen molar-refractivity contribution in [2.24, 2.45) is 0 Å². The van der Waals surface area contributed by atoms with E-state index >= 15 is 0 Å². The van der Waals surface area contributed by atoms with Crippen LogP contribution in [0.3, 0.4) is 0 Å². The van der Waals surface area contributed by atoms with Crippen LogP contribution in [-0.4, -0.2) is 9.97 Å². The zero-order valence-corrected chi connectivity index (χ0v) is 30.9. The van der Waals surface area contributed by atoms with Crippen LogP contribution in [0.5, 0.6) is 0 Å². The molecule has 0 atom stereocenters. The van der Waals surface area contributed by atoms with E-state index in [9.17, 15) is 0 Å². The first-order valence-corrected chi connectivity index (χ1v) is 19.3. The van der Waals surface area contributed by atoms with Crippen LogP contribution in [0.4, 0.5) is 0 Å². The fourth-order valence-corrected chi connectivity index (χ4v) is 8.34. The van der Waals surface area contributed by atoms with Crippen LogP contribution < -0.4 is 0 Å². The van der Waals surface area contributed by atoms with Crippen molar-refractivity contribution in [3.05, 3.63) is 206 Å². The third-order valence-electron chi connectivity index (χ3n) is 11.1. The molecule has 0 aliphatic carbocycles. The van der Waals surface area contributed by atoms with Crippen LogP contribution in [0, 0.1) is 0 Å². The second-order valence-corrected chi connectivity index (χ2v) is 14.5. The summed E-state index contributed by atoms with van der Waals surface area (Å²) >= 11 is 0. The Bertz CT molecular complexity index is 3290. The highest BCUT2D eigenvalue weighted by Gasteiger charge is 2.23. The molecule has 0 saturated carbocycles. The van der Waals surface area contributed by atoms with E-state index in [1.54, 1.807) is 0 Å². The Labute approximate surface area is 330 Å². The van der Waals surface area contributed by atoms with Gasteiger partial charge < -0.3 is 4.42 Å². The first-order valence-electron chi connectivity index (χ1n) is 19.3. The fraction of sp³-hybridized carbons (Fsp3) is 0. The summed E-state index contributed by atoms with van der Waals surface area (Å²) in [4.78, 5) is 10.7. The van der Waals surface area contributed by atoms with Gasteiger partial charge in [0.1, 0.15) is 5.58 Å². The molecular weight excluding hydrogens is 693 g/mol. The van der Waals surface area contributed by atoms with E-state index in [0.717, 1.165) is 71.6 Å². The van der Waals surface area contributed by atoms with Crippen molar-refractivity contribution in [2.45, 2.75) is 0 Å². The van der Waals surface area contributed by atoms with Crippen LogP contribution in [0.25, 0.3) is 111 Å². The van der Waals surface area contributed by atoms with E-state index in [1.807, 2.05) is 0 Å². The second kappa shape index (κ2) is 13.6. The first kappa shape index (κ1) is 32.8. The Morgan fingerprint density at radius 3 is 1.23 bits per heavy atom. The molecule has 0 spiro atoms. The number of furan rings is 1. The average molecular weight is 727 g/mol. The second-order valence-electron chi connectivity index (χ2n) is 14.5. The Balaban J connectivity index is 1.13. The van der Waals surface area contributed by atoms with Crippen molar-refractivity contribution in [3.8, 4) is 67.2 Å². The number of aromatic nitrogens is 2. The molecule has 0 radical (unpaired) electrons. The quantitative estimate of drug-likeness (QED) is 0.160. The van der Waals surface area contributed by atoms with Crippen LogP contribution >= 0.6 is 0 Å². The minimum Gasteiger partial charge on any atom is -0.437 e. The molecule has 0 unspecified atom stereocenters. The van der Waals surface area contributed by atoms with Crippen LogP contribution in [-0.2, 0) is 0 Å². The standard InChI is InChI=1S/C54H34N2O/c1-3-15-35(16-4-1)37-19-11-21-39(31-37)41-23-13-25-43(33-41)51-50-49-47-29-9-7-27-45(47)46-28-8-10-30-48(46)52(49)57-54(50)56-53(55-51)44-26-14-24-42(34-44)40-22-12-20-38(32-40)36-17-5-2-6-18-36/h1-34H. The number of fused-ring (bicyclic) bond motifs is 8. The molecule has 266 valence electrons. The van der Waals surface area contributed by atoms with E-state index in [4.69, 9.17) is 14.4 Å². The summed E-state index contributed by atoms with van der Waals surface area (Å²) in [6.45, 7) is 0. The average Bonchev–Trinajstić information content (AvgIpc) is 3.70. The minimum absolute atomic E-state index is 0.569. The Hall–Kier alpha value is -7.62. The highest BCUT2D eigenvalue weighted by Crippen LogP contribution is 2.44. The molecule has 0 N–H and O–H groups in total. The molecule has 0 amide bonds. The lowest BCUT2D eigenvalue weighted by Crippen LogP contribution is -1.95. The summed E-state index contributed by atoms with van der Waals surface area (Å²) in [6.07, 6.45) is 0. The number of rotatable bonds is 6. The molecule has 57 heavy (non-hydrogen) atoms. The third kappa shape index (κ3) is 5.76. The van der Waals surface area contributed by atoms with Gasteiger partial charge in [-0.2, -0.15) is 4.98 Å². The SMILES string of the molecule is c1ccc(-c2cccc(-c3cccc(-c4nc(-c5cccc(-c6cccc(-c7ccccc7)c6)c5)c5c(n4)oc4c6ccccc6c6ccccc6c45)c3)c2)cc1. The van der Waals surface area contributed by atoms with Crippen molar-refractivity contribution >= 4 is 43.6 Å². The zero-order chi connectivity index (χ0) is 37.7. The van der Waals surface area contributed by atoms with Gasteiger partial charge in [0.15, 0.2) is 5.82 Å². The van der Waals surface area contributed by atoms with Gasteiger partial charge in [0, 0.05) is 21.9 Å². The van der Waals surface area contributed by atoms with Crippen LogP contribution in [0.2, 0.25) is 0 Å². The minimum atomic E-state index is 0.569. The number of hydrogen-bond acceptors (Lipinski definition) is 3. The molecule has 3 nitrogen and oxygen atoms in total. The molecule has 2 heterocycles. The van der Waals surface area contributed by atoms with Crippen molar-refractivity contribution in [1.82, 2.24) is 9.97 Å². The van der Waals surface area contributed by atoms with Gasteiger partial charge in [0.2, 0.25) is 5.71 Å². The summed E-state index contributed by atoms with van der Waals surface area (Å²) in [5.41, 5.74) is 13.4. The Morgan fingerprint density at radius 1 is 0.281 bits per heavy atom.